The number of likely N-dealkylation sites (N-methyl/N-ethyl adjacent to an activating group) is 1. The van der Waals surface area contributed by atoms with E-state index in [0.29, 0.717) is 12.1 Å². The third kappa shape index (κ3) is 2.86. The molecule has 0 fully saturated rings. The molecule has 0 aliphatic carbocycles. The van der Waals surface area contributed by atoms with Crippen LogP contribution in [0, 0.1) is 5.41 Å². The van der Waals surface area contributed by atoms with E-state index in [2.05, 4.69) is 5.32 Å². The monoisotopic (exact) mass is 295 g/mol. The summed E-state index contributed by atoms with van der Waals surface area (Å²) in [6, 6.07) is 3.22. The van der Waals surface area contributed by atoms with E-state index < -0.39 is 0 Å². The van der Waals surface area contributed by atoms with E-state index in [9.17, 15) is 15.3 Å². The van der Waals surface area contributed by atoms with Crippen LogP contribution in [0.25, 0.3) is 0 Å². The molecule has 3 atom stereocenters. The van der Waals surface area contributed by atoms with Gasteiger partial charge in [0.05, 0.1) is 18.8 Å². The zero-order valence-electron chi connectivity index (χ0n) is 13.1. The average Bonchev–Trinajstić information content (AvgIpc) is 2.41. The molecule has 1 aromatic rings. The normalized spacial score (nSPS) is 25.7. The Morgan fingerprint density at radius 1 is 1.24 bits per heavy atom. The summed E-state index contributed by atoms with van der Waals surface area (Å²) >= 11 is 0. The molecule has 3 unspecified atom stereocenters. The number of fused-ring (bicyclic) bond motifs is 1. The lowest BCUT2D eigenvalue weighted by molar-refractivity contribution is -0.101. The van der Waals surface area contributed by atoms with Crippen molar-refractivity contribution >= 4 is 0 Å². The van der Waals surface area contributed by atoms with Gasteiger partial charge in [-0.25, -0.2) is 0 Å². The van der Waals surface area contributed by atoms with Gasteiger partial charge in [0.25, 0.3) is 0 Å². The number of phenols is 2. The van der Waals surface area contributed by atoms with Crippen LogP contribution in [0.1, 0.15) is 43.9 Å². The molecule has 118 valence electrons. The maximum atomic E-state index is 10.3. The number of phenolic OH excluding ortho intramolecular Hbond substituents is 2. The first-order chi connectivity index (χ1) is 9.81. The van der Waals surface area contributed by atoms with Crippen molar-refractivity contribution in [3.05, 3.63) is 23.3 Å². The van der Waals surface area contributed by atoms with Crippen LogP contribution in [-0.4, -0.2) is 41.6 Å². The zero-order valence-corrected chi connectivity index (χ0v) is 13.1. The predicted octanol–water partition coefficient (Wildman–Crippen LogP) is 1.88. The number of nitrogens with one attached hydrogen (secondary N) is 1. The lowest BCUT2D eigenvalue weighted by Gasteiger charge is -2.44. The highest BCUT2D eigenvalue weighted by Crippen LogP contribution is 2.49. The SMILES string of the molecule is CNCC1OC(C(C)(C)C)C(CO)c2c1ccc(O)c2O. The van der Waals surface area contributed by atoms with E-state index in [1.807, 2.05) is 27.8 Å². The summed E-state index contributed by atoms with van der Waals surface area (Å²) in [4.78, 5) is 0. The highest BCUT2D eigenvalue weighted by atomic mass is 16.5. The van der Waals surface area contributed by atoms with Crippen molar-refractivity contribution in [3.63, 3.8) is 0 Å². The van der Waals surface area contributed by atoms with Crippen molar-refractivity contribution in [2.75, 3.05) is 20.2 Å². The molecule has 2 rings (SSSR count). The molecule has 1 aliphatic heterocycles. The number of benzene rings is 1. The van der Waals surface area contributed by atoms with Crippen LogP contribution in [0.4, 0.5) is 0 Å². The Morgan fingerprint density at radius 3 is 2.43 bits per heavy atom. The fourth-order valence-corrected chi connectivity index (χ4v) is 3.12. The van der Waals surface area contributed by atoms with Gasteiger partial charge in [-0.15, -0.1) is 0 Å². The first kappa shape index (κ1) is 16.1. The van der Waals surface area contributed by atoms with Crippen LogP contribution in [0.5, 0.6) is 11.5 Å². The first-order valence-electron chi connectivity index (χ1n) is 7.26. The number of aromatic hydroxyl groups is 2. The van der Waals surface area contributed by atoms with Gasteiger partial charge < -0.3 is 25.4 Å². The van der Waals surface area contributed by atoms with Crippen LogP contribution in [0.3, 0.4) is 0 Å². The van der Waals surface area contributed by atoms with E-state index >= 15 is 0 Å². The molecule has 0 saturated heterocycles. The Morgan fingerprint density at radius 2 is 1.90 bits per heavy atom. The summed E-state index contributed by atoms with van der Waals surface area (Å²) in [5.41, 5.74) is 1.22. The van der Waals surface area contributed by atoms with E-state index in [-0.39, 0.29) is 41.6 Å². The summed E-state index contributed by atoms with van der Waals surface area (Å²) in [6.07, 6.45) is -0.468. The molecule has 0 spiro atoms. The standard InChI is InChI=1S/C16H25NO4/c1-16(2,3)15-10(8-18)13-9(12(21-15)7-17-4)5-6-11(19)14(13)20/h5-6,10,12,15,17-20H,7-8H2,1-4H3. The molecule has 1 aliphatic rings. The Labute approximate surface area is 125 Å². The third-order valence-corrected chi connectivity index (χ3v) is 4.06. The molecular formula is C16H25NO4. The molecule has 1 heterocycles. The van der Waals surface area contributed by atoms with Crippen molar-refractivity contribution in [3.8, 4) is 11.5 Å². The summed E-state index contributed by atoms with van der Waals surface area (Å²) in [7, 11) is 1.84. The molecule has 0 saturated carbocycles. The molecule has 5 heteroatoms. The van der Waals surface area contributed by atoms with E-state index in [1.54, 1.807) is 6.07 Å². The van der Waals surface area contributed by atoms with E-state index in [0.717, 1.165) is 5.56 Å². The van der Waals surface area contributed by atoms with Gasteiger partial charge in [-0.05, 0) is 24.1 Å². The predicted molar refractivity (Wildman–Crippen MR) is 80.6 cm³/mol. The van der Waals surface area contributed by atoms with Crippen molar-refractivity contribution in [1.29, 1.82) is 0 Å². The number of hydrogen-bond acceptors (Lipinski definition) is 5. The molecule has 4 N–H and O–H groups in total. The maximum absolute atomic E-state index is 10.3. The second-order valence-electron chi connectivity index (χ2n) is 6.69. The van der Waals surface area contributed by atoms with Crippen LogP contribution >= 0.6 is 0 Å². The molecule has 21 heavy (non-hydrogen) atoms. The van der Waals surface area contributed by atoms with E-state index in [4.69, 9.17) is 4.74 Å². The number of ether oxygens (including phenoxy) is 1. The smallest absolute Gasteiger partial charge is 0.161 e. The van der Waals surface area contributed by atoms with Gasteiger partial charge in [0.2, 0.25) is 0 Å². The zero-order chi connectivity index (χ0) is 15.8. The van der Waals surface area contributed by atoms with Crippen molar-refractivity contribution in [2.45, 2.75) is 38.9 Å². The van der Waals surface area contributed by atoms with Crippen LogP contribution in [0.15, 0.2) is 12.1 Å². The Balaban J connectivity index is 2.59. The van der Waals surface area contributed by atoms with Gasteiger partial charge in [0, 0.05) is 18.0 Å². The lowest BCUT2D eigenvalue weighted by atomic mass is 9.74. The minimum atomic E-state index is -0.361. The average molecular weight is 295 g/mol. The van der Waals surface area contributed by atoms with Gasteiger partial charge in [-0.3, -0.25) is 0 Å². The molecule has 5 nitrogen and oxygen atoms in total. The van der Waals surface area contributed by atoms with Crippen molar-refractivity contribution < 1.29 is 20.1 Å². The fraction of sp³-hybridized carbons (Fsp3) is 0.625. The third-order valence-electron chi connectivity index (χ3n) is 4.06. The summed E-state index contributed by atoms with van der Waals surface area (Å²) in [5, 5.41) is 33.0. The van der Waals surface area contributed by atoms with Gasteiger partial charge in [0.1, 0.15) is 0 Å². The second-order valence-corrected chi connectivity index (χ2v) is 6.69. The number of aliphatic hydroxyl groups excluding tert-OH is 1. The first-order valence-corrected chi connectivity index (χ1v) is 7.26. The van der Waals surface area contributed by atoms with Crippen LogP contribution in [0.2, 0.25) is 0 Å². The van der Waals surface area contributed by atoms with Gasteiger partial charge >= 0.3 is 0 Å². The Kier molecular flexibility index (Phi) is 4.46. The summed E-state index contributed by atoms with van der Waals surface area (Å²) in [6.45, 7) is 6.59. The highest BCUT2D eigenvalue weighted by molar-refractivity contribution is 5.53. The summed E-state index contributed by atoms with van der Waals surface area (Å²) < 4.78 is 6.20. The van der Waals surface area contributed by atoms with E-state index in [1.165, 1.54) is 6.07 Å². The number of aliphatic hydroxyl groups is 1. The Bertz CT molecular complexity index is 510. The van der Waals surface area contributed by atoms with Crippen molar-refractivity contribution in [2.24, 2.45) is 5.41 Å². The molecule has 0 amide bonds. The topological polar surface area (TPSA) is 82.0 Å². The number of rotatable bonds is 3. The van der Waals surface area contributed by atoms with Crippen LogP contribution in [-0.2, 0) is 4.74 Å². The highest BCUT2D eigenvalue weighted by Gasteiger charge is 2.43. The quantitative estimate of drug-likeness (QED) is 0.640. The summed E-state index contributed by atoms with van der Waals surface area (Å²) in [5.74, 6) is -0.671. The lowest BCUT2D eigenvalue weighted by Crippen LogP contribution is -2.43. The molecule has 0 radical (unpaired) electrons. The molecule has 0 aromatic heterocycles. The fourth-order valence-electron chi connectivity index (χ4n) is 3.12. The molecule has 0 bridgehead atoms. The molecular weight excluding hydrogens is 270 g/mol. The largest absolute Gasteiger partial charge is 0.504 e. The minimum Gasteiger partial charge on any atom is -0.504 e. The van der Waals surface area contributed by atoms with Crippen molar-refractivity contribution in [1.82, 2.24) is 5.32 Å². The maximum Gasteiger partial charge on any atom is 0.161 e. The molecule has 1 aromatic carbocycles. The van der Waals surface area contributed by atoms with Crippen LogP contribution < -0.4 is 5.32 Å². The second kappa shape index (κ2) is 5.83. The van der Waals surface area contributed by atoms with Gasteiger partial charge in [0.15, 0.2) is 11.5 Å². The number of hydrogen-bond donors (Lipinski definition) is 4. The van der Waals surface area contributed by atoms with Gasteiger partial charge in [-0.1, -0.05) is 26.8 Å². The minimum absolute atomic E-state index is 0.141. The van der Waals surface area contributed by atoms with Gasteiger partial charge in [-0.2, -0.15) is 0 Å². The Hall–Kier alpha value is -1.30.